The highest BCUT2D eigenvalue weighted by atomic mass is 19.1. The zero-order chi connectivity index (χ0) is 7.72. The van der Waals surface area contributed by atoms with E-state index in [2.05, 4.69) is 0 Å². The van der Waals surface area contributed by atoms with Crippen LogP contribution in [0.25, 0.3) is 0 Å². The summed E-state index contributed by atoms with van der Waals surface area (Å²) in [6, 6.07) is -1.36. The fraction of sp³-hybridized carbons (Fsp3) is 0.800. The van der Waals surface area contributed by atoms with Gasteiger partial charge in [-0.25, -0.2) is 4.39 Å². The average Bonchev–Trinajstić information content (AvgIpc) is 2.11. The standard InChI is InChI=1S/C5H8FNO3/c6-3-1-2-7(10)4(3)5(8)9/h3-4,10H,1-2H2,(H,8,9). The number of carbonyl (C=O) groups is 1. The van der Waals surface area contributed by atoms with Gasteiger partial charge in [-0.05, 0) is 6.42 Å². The Morgan fingerprint density at radius 3 is 2.50 bits per heavy atom. The van der Waals surface area contributed by atoms with Gasteiger partial charge in [0.2, 0.25) is 0 Å². The number of hydroxylamine groups is 2. The molecule has 4 nitrogen and oxygen atoms in total. The predicted molar refractivity (Wildman–Crippen MR) is 29.4 cm³/mol. The van der Waals surface area contributed by atoms with E-state index in [9.17, 15) is 9.18 Å². The van der Waals surface area contributed by atoms with Crippen molar-refractivity contribution in [3.05, 3.63) is 0 Å². The van der Waals surface area contributed by atoms with Crippen molar-refractivity contribution < 1.29 is 19.5 Å². The summed E-state index contributed by atoms with van der Waals surface area (Å²) in [5, 5.41) is 17.6. The summed E-state index contributed by atoms with van der Waals surface area (Å²) in [5.41, 5.74) is 0. The molecule has 2 unspecified atom stereocenters. The van der Waals surface area contributed by atoms with Crippen molar-refractivity contribution in [2.75, 3.05) is 6.54 Å². The number of aliphatic carboxylic acids is 1. The van der Waals surface area contributed by atoms with Gasteiger partial charge in [0.25, 0.3) is 0 Å². The molecule has 0 bridgehead atoms. The van der Waals surface area contributed by atoms with Gasteiger partial charge in [-0.3, -0.25) is 4.79 Å². The summed E-state index contributed by atoms with van der Waals surface area (Å²) >= 11 is 0. The minimum absolute atomic E-state index is 0.0907. The Hall–Kier alpha value is -0.680. The predicted octanol–water partition coefficient (Wildman–Crippen LogP) is -0.127. The summed E-state index contributed by atoms with van der Waals surface area (Å²) in [4.78, 5) is 10.2. The number of halogens is 1. The Labute approximate surface area is 56.8 Å². The number of hydrogen-bond acceptors (Lipinski definition) is 3. The Bertz CT molecular complexity index is 142. The van der Waals surface area contributed by atoms with Crippen LogP contribution in [0, 0.1) is 0 Å². The van der Waals surface area contributed by atoms with Gasteiger partial charge in [0, 0.05) is 6.54 Å². The van der Waals surface area contributed by atoms with Gasteiger partial charge in [-0.15, -0.1) is 0 Å². The van der Waals surface area contributed by atoms with Crippen LogP contribution in [0.5, 0.6) is 0 Å². The van der Waals surface area contributed by atoms with Crippen molar-refractivity contribution in [2.24, 2.45) is 0 Å². The van der Waals surface area contributed by atoms with Gasteiger partial charge in [-0.2, -0.15) is 5.06 Å². The van der Waals surface area contributed by atoms with E-state index in [1.807, 2.05) is 0 Å². The highest BCUT2D eigenvalue weighted by molar-refractivity contribution is 5.74. The number of carboxylic acids is 1. The first-order chi connectivity index (χ1) is 4.63. The van der Waals surface area contributed by atoms with Crippen LogP contribution in [0.4, 0.5) is 4.39 Å². The molecule has 10 heavy (non-hydrogen) atoms. The minimum atomic E-state index is -1.44. The Morgan fingerprint density at radius 2 is 2.30 bits per heavy atom. The normalized spacial score (nSPS) is 34.6. The fourth-order valence-electron chi connectivity index (χ4n) is 1.02. The van der Waals surface area contributed by atoms with Gasteiger partial charge in [-0.1, -0.05) is 0 Å². The molecular formula is C5H8FNO3. The van der Waals surface area contributed by atoms with E-state index in [0.717, 1.165) is 0 Å². The lowest BCUT2D eigenvalue weighted by Crippen LogP contribution is -2.38. The minimum Gasteiger partial charge on any atom is -0.480 e. The molecule has 0 aromatic rings. The third kappa shape index (κ3) is 1.10. The van der Waals surface area contributed by atoms with E-state index < -0.39 is 18.2 Å². The van der Waals surface area contributed by atoms with Crippen LogP contribution in [0.1, 0.15) is 6.42 Å². The molecule has 0 aliphatic carbocycles. The van der Waals surface area contributed by atoms with Crippen molar-refractivity contribution >= 4 is 5.97 Å². The second-order valence-corrected chi connectivity index (χ2v) is 2.25. The maximum atomic E-state index is 12.5. The molecule has 1 aliphatic rings. The first-order valence-corrected chi connectivity index (χ1v) is 2.95. The molecule has 1 fully saturated rings. The lowest BCUT2D eigenvalue weighted by Gasteiger charge is -2.13. The first kappa shape index (κ1) is 7.43. The van der Waals surface area contributed by atoms with Gasteiger partial charge in [0.1, 0.15) is 6.17 Å². The van der Waals surface area contributed by atoms with Gasteiger partial charge in [0.05, 0.1) is 0 Å². The molecule has 0 amide bonds. The molecule has 1 rings (SSSR count). The Balaban J connectivity index is 2.63. The highest BCUT2D eigenvalue weighted by Crippen LogP contribution is 2.18. The summed E-state index contributed by atoms with van der Waals surface area (Å²) in [6.45, 7) is 0.0954. The molecule has 1 saturated heterocycles. The zero-order valence-electron chi connectivity index (χ0n) is 5.20. The molecule has 0 saturated carbocycles. The lowest BCUT2D eigenvalue weighted by molar-refractivity contribution is -0.164. The van der Waals surface area contributed by atoms with Crippen molar-refractivity contribution in [1.82, 2.24) is 5.06 Å². The van der Waals surface area contributed by atoms with Gasteiger partial charge >= 0.3 is 5.97 Å². The number of carboxylic acid groups (broad SMARTS) is 1. The zero-order valence-corrected chi connectivity index (χ0v) is 5.20. The van der Waals surface area contributed by atoms with E-state index in [1.54, 1.807) is 0 Å². The molecule has 0 aromatic carbocycles. The van der Waals surface area contributed by atoms with Crippen LogP contribution in [-0.4, -0.2) is 40.1 Å². The van der Waals surface area contributed by atoms with E-state index in [4.69, 9.17) is 10.3 Å². The van der Waals surface area contributed by atoms with Gasteiger partial charge in [0.15, 0.2) is 6.04 Å². The molecule has 2 N–H and O–H groups in total. The van der Waals surface area contributed by atoms with E-state index >= 15 is 0 Å². The molecule has 2 atom stereocenters. The van der Waals surface area contributed by atoms with Crippen molar-refractivity contribution in [2.45, 2.75) is 18.6 Å². The van der Waals surface area contributed by atoms with Crippen LogP contribution in [0.15, 0.2) is 0 Å². The summed E-state index contributed by atoms with van der Waals surface area (Å²) < 4.78 is 12.5. The topological polar surface area (TPSA) is 60.8 Å². The fourth-order valence-corrected chi connectivity index (χ4v) is 1.02. The maximum absolute atomic E-state index is 12.5. The van der Waals surface area contributed by atoms with Crippen LogP contribution < -0.4 is 0 Å². The summed E-state index contributed by atoms with van der Waals surface area (Å²) in [6.07, 6.45) is -1.35. The van der Waals surface area contributed by atoms with Crippen LogP contribution in [-0.2, 0) is 4.79 Å². The Morgan fingerprint density at radius 1 is 1.70 bits per heavy atom. The van der Waals surface area contributed by atoms with Crippen LogP contribution in [0.2, 0.25) is 0 Å². The average molecular weight is 149 g/mol. The molecule has 0 spiro atoms. The lowest BCUT2D eigenvalue weighted by atomic mass is 10.2. The first-order valence-electron chi connectivity index (χ1n) is 2.95. The molecule has 0 radical (unpaired) electrons. The summed E-state index contributed by atoms with van der Waals surface area (Å²) in [5.74, 6) is -1.31. The summed E-state index contributed by atoms with van der Waals surface area (Å²) in [7, 11) is 0. The van der Waals surface area contributed by atoms with E-state index in [-0.39, 0.29) is 13.0 Å². The largest absolute Gasteiger partial charge is 0.480 e. The third-order valence-electron chi connectivity index (χ3n) is 1.55. The molecular weight excluding hydrogens is 141 g/mol. The third-order valence-corrected chi connectivity index (χ3v) is 1.55. The van der Waals surface area contributed by atoms with Crippen LogP contribution >= 0.6 is 0 Å². The molecule has 0 aromatic heterocycles. The van der Waals surface area contributed by atoms with E-state index in [1.165, 1.54) is 0 Å². The molecule has 1 aliphatic heterocycles. The second-order valence-electron chi connectivity index (χ2n) is 2.25. The van der Waals surface area contributed by atoms with Crippen LogP contribution in [0.3, 0.4) is 0 Å². The highest BCUT2D eigenvalue weighted by Gasteiger charge is 2.39. The second kappa shape index (κ2) is 2.51. The number of nitrogens with zero attached hydrogens (tertiary/aromatic N) is 1. The smallest absolute Gasteiger partial charge is 0.326 e. The SMILES string of the molecule is O=C(O)C1C(F)CCN1O. The number of alkyl halides is 1. The molecule has 58 valence electrons. The van der Waals surface area contributed by atoms with Crippen molar-refractivity contribution in [3.63, 3.8) is 0 Å². The number of rotatable bonds is 1. The quantitative estimate of drug-likeness (QED) is 0.545. The van der Waals surface area contributed by atoms with Crippen molar-refractivity contribution in [1.29, 1.82) is 0 Å². The Kier molecular flexibility index (Phi) is 1.87. The molecule has 1 heterocycles. The molecule has 5 heteroatoms. The van der Waals surface area contributed by atoms with Gasteiger partial charge < -0.3 is 10.3 Å². The monoisotopic (exact) mass is 149 g/mol. The number of hydrogen-bond donors (Lipinski definition) is 2. The maximum Gasteiger partial charge on any atom is 0.326 e. The van der Waals surface area contributed by atoms with Crippen molar-refractivity contribution in [3.8, 4) is 0 Å². The van der Waals surface area contributed by atoms with E-state index in [0.29, 0.717) is 5.06 Å².